The molecule has 0 saturated carbocycles. The Morgan fingerprint density at radius 1 is 1.25 bits per heavy atom. The molecular formula is C18H16Cl2N2OS. The molecule has 0 saturated heterocycles. The predicted molar refractivity (Wildman–Crippen MR) is 102 cm³/mol. The smallest absolute Gasteiger partial charge is 0.259 e. The van der Waals surface area contributed by atoms with E-state index >= 15 is 0 Å². The van der Waals surface area contributed by atoms with Gasteiger partial charge in [0.25, 0.3) is 5.91 Å². The molecule has 1 aliphatic rings. The molecule has 0 spiro atoms. The molecule has 124 valence electrons. The van der Waals surface area contributed by atoms with Gasteiger partial charge in [0.05, 0.1) is 6.54 Å². The minimum atomic E-state index is -0.00958. The van der Waals surface area contributed by atoms with Crippen LogP contribution in [-0.2, 0) is 5.75 Å². The summed E-state index contributed by atoms with van der Waals surface area (Å²) in [5.41, 5.74) is 2.73. The Morgan fingerprint density at radius 2 is 2.08 bits per heavy atom. The van der Waals surface area contributed by atoms with Crippen LogP contribution in [0.15, 0.2) is 47.5 Å². The molecule has 0 atom stereocenters. The third kappa shape index (κ3) is 3.94. The van der Waals surface area contributed by atoms with E-state index in [0.717, 1.165) is 16.3 Å². The molecule has 1 heterocycles. The van der Waals surface area contributed by atoms with E-state index in [1.165, 1.54) is 11.8 Å². The molecule has 0 bridgehead atoms. The van der Waals surface area contributed by atoms with E-state index in [0.29, 0.717) is 34.5 Å². The average Bonchev–Trinajstić information content (AvgIpc) is 3.02. The number of amidine groups is 1. The van der Waals surface area contributed by atoms with Gasteiger partial charge in [-0.2, -0.15) is 0 Å². The zero-order valence-electron chi connectivity index (χ0n) is 13.1. The third-order valence-corrected chi connectivity index (χ3v) is 5.33. The number of benzene rings is 2. The highest BCUT2D eigenvalue weighted by molar-refractivity contribution is 8.13. The molecule has 2 aromatic carbocycles. The first-order chi connectivity index (χ1) is 11.5. The van der Waals surface area contributed by atoms with Crippen molar-refractivity contribution in [2.24, 2.45) is 4.99 Å². The van der Waals surface area contributed by atoms with Crippen molar-refractivity contribution < 1.29 is 4.79 Å². The fraction of sp³-hybridized carbons (Fsp3) is 0.222. The zero-order valence-corrected chi connectivity index (χ0v) is 15.5. The molecule has 0 fully saturated rings. The third-order valence-electron chi connectivity index (χ3n) is 3.68. The molecule has 1 amide bonds. The molecule has 0 N–H and O–H groups in total. The van der Waals surface area contributed by atoms with Crippen LogP contribution in [0.3, 0.4) is 0 Å². The summed E-state index contributed by atoms with van der Waals surface area (Å²) >= 11 is 13.7. The number of nitrogens with zero attached hydrogens (tertiary/aromatic N) is 2. The first-order valence-electron chi connectivity index (χ1n) is 7.54. The lowest BCUT2D eigenvalue weighted by atomic mass is 10.1. The monoisotopic (exact) mass is 378 g/mol. The maximum Gasteiger partial charge on any atom is 0.259 e. The number of aliphatic imine (C=N–C) groups is 1. The van der Waals surface area contributed by atoms with Crippen molar-refractivity contribution >= 4 is 46.0 Å². The van der Waals surface area contributed by atoms with Crippen LogP contribution in [0.2, 0.25) is 10.0 Å². The van der Waals surface area contributed by atoms with Crippen LogP contribution in [0.4, 0.5) is 0 Å². The summed E-state index contributed by atoms with van der Waals surface area (Å²) < 4.78 is 0. The summed E-state index contributed by atoms with van der Waals surface area (Å²) in [7, 11) is 0. The molecule has 3 nitrogen and oxygen atoms in total. The highest BCUT2D eigenvalue weighted by Gasteiger charge is 2.25. The maximum absolute atomic E-state index is 12.7. The second-order valence-corrected chi connectivity index (χ2v) is 7.30. The van der Waals surface area contributed by atoms with Crippen LogP contribution < -0.4 is 0 Å². The first-order valence-corrected chi connectivity index (χ1v) is 9.28. The number of hydrogen-bond donors (Lipinski definition) is 0. The largest absolute Gasteiger partial charge is 0.286 e. The molecule has 0 unspecified atom stereocenters. The molecule has 6 heteroatoms. The summed E-state index contributed by atoms with van der Waals surface area (Å²) in [5.74, 6) is 0.636. The Morgan fingerprint density at radius 3 is 2.83 bits per heavy atom. The Kier molecular flexibility index (Phi) is 5.49. The number of amides is 1. The van der Waals surface area contributed by atoms with Crippen molar-refractivity contribution in [1.82, 2.24) is 4.90 Å². The number of rotatable bonds is 3. The van der Waals surface area contributed by atoms with Crippen LogP contribution in [0, 0.1) is 6.92 Å². The van der Waals surface area contributed by atoms with Gasteiger partial charge < -0.3 is 0 Å². The fourth-order valence-electron chi connectivity index (χ4n) is 2.45. The van der Waals surface area contributed by atoms with Crippen molar-refractivity contribution in [2.45, 2.75) is 12.7 Å². The minimum absolute atomic E-state index is 0.00958. The number of halogens is 2. The highest BCUT2D eigenvalue weighted by Crippen LogP contribution is 2.27. The van der Waals surface area contributed by atoms with Crippen molar-refractivity contribution in [2.75, 3.05) is 13.1 Å². The summed E-state index contributed by atoms with van der Waals surface area (Å²) in [6.45, 7) is 3.23. The lowest BCUT2D eigenvalue weighted by molar-refractivity contribution is 0.0860. The van der Waals surface area contributed by atoms with E-state index in [-0.39, 0.29) is 5.91 Å². The number of hydrogen-bond acceptors (Lipinski definition) is 3. The number of carbonyl (C=O) groups excluding carboxylic acids is 1. The van der Waals surface area contributed by atoms with Gasteiger partial charge in [-0.15, -0.1) is 0 Å². The normalized spacial score (nSPS) is 14.0. The van der Waals surface area contributed by atoms with Crippen molar-refractivity contribution in [3.05, 3.63) is 69.2 Å². The Labute approximate surface area is 155 Å². The van der Waals surface area contributed by atoms with E-state index in [1.807, 2.05) is 43.3 Å². The summed E-state index contributed by atoms with van der Waals surface area (Å²) in [6, 6.07) is 13.1. The zero-order chi connectivity index (χ0) is 17.1. The van der Waals surface area contributed by atoms with E-state index in [4.69, 9.17) is 23.2 Å². The van der Waals surface area contributed by atoms with Gasteiger partial charge in [-0.25, -0.2) is 0 Å². The predicted octanol–water partition coefficient (Wildman–Crippen LogP) is 5.05. The topological polar surface area (TPSA) is 32.7 Å². The molecule has 3 rings (SSSR count). The molecule has 0 radical (unpaired) electrons. The highest BCUT2D eigenvalue weighted by atomic mass is 35.5. The Bertz CT molecular complexity index is 807. The van der Waals surface area contributed by atoms with Gasteiger partial charge >= 0.3 is 0 Å². The second-order valence-electron chi connectivity index (χ2n) is 5.51. The van der Waals surface area contributed by atoms with Gasteiger partial charge in [0.1, 0.15) is 0 Å². The lowest BCUT2D eigenvalue weighted by Crippen LogP contribution is -2.32. The first kappa shape index (κ1) is 17.3. The van der Waals surface area contributed by atoms with Gasteiger partial charge in [-0.05, 0) is 36.8 Å². The second kappa shape index (κ2) is 7.60. The van der Waals surface area contributed by atoms with E-state index < -0.39 is 0 Å². The molecule has 1 aliphatic heterocycles. The average molecular weight is 379 g/mol. The lowest BCUT2D eigenvalue weighted by Gasteiger charge is -2.18. The summed E-state index contributed by atoms with van der Waals surface area (Å²) in [4.78, 5) is 18.9. The van der Waals surface area contributed by atoms with Crippen LogP contribution in [0.25, 0.3) is 0 Å². The number of carbonyl (C=O) groups is 1. The van der Waals surface area contributed by atoms with E-state index in [1.54, 1.807) is 11.0 Å². The quantitative estimate of drug-likeness (QED) is 0.748. The summed E-state index contributed by atoms with van der Waals surface area (Å²) in [5, 5.41) is 1.99. The van der Waals surface area contributed by atoms with Crippen molar-refractivity contribution in [3.63, 3.8) is 0 Å². The van der Waals surface area contributed by atoms with Gasteiger partial charge in [-0.3, -0.25) is 14.7 Å². The van der Waals surface area contributed by atoms with Crippen molar-refractivity contribution in [3.8, 4) is 0 Å². The number of thioether (sulfide) groups is 1. The Hall–Kier alpha value is -1.49. The molecule has 2 aromatic rings. The fourth-order valence-corrected chi connectivity index (χ4v) is 4.06. The molecule has 0 aromatic heterocycles. The van der Waals surface area contributed by atoms with Crippen molar-refractivity contribution in [1.29, 1.82) is 0 Å². The minimum Gasteiger partial charge on any atom is -0.286 e. The van der Waals surface area contributed by atoms with Crippen LogP contribution in [0.5, 0.6) is 0 Å². The Balaban J connectivity index is 1.70. The van der Waals surface area contributed by atoms with Crippen LogP contribution in [0.1, 0.15) is 21.5 Å². The van der Waals surface area contributed by atoms with Crippen LogP contribution in [-0.4, -0.2) is 29.1 Å². The summed E-state index contributed by atoms with van der Waals surface area (Å²) in [6.07, 6.45) is 0. The van der Waals surface area contributed by atoms with Gasteiger partial charge in [0.15, 0.2) is 5.17 Å². The molecule has 0 aliphatic carbocycles. The van der Waals surface area contributed by atoms with E-state index in [9.17, 15) is 4.79 Å². The maximum atomic E-state index is 12.7. The van der Waals surface area contributed by atoms with Gasteiger partial charge in [0.2, 0.25) is 0 Å². The van der Waals surface area contributed by atoms with E-state index in [2.05, 4.69) is 4.99 Å². The SMILES string of the molecule is Cc1cccc(C(=O)N2CCN=C2SCc2ccc(Cl)cc2Cl)c1. The van der Waals surface area contributed by atoms with Gasteiger partial charge in [-0.1, -0.05) is 58.7 Å². The molecular weight excluding hydrogens is 363 g/mol. The standard InChI is InChI=1S/C18H16Cl2N2OS/c1-12-3-2-4-13(9-12)17(23)22-8-7-21-18(22)24-11-14-5-6-15(19)10-16(14)20/h2-6,9-10H,7-8,11H2,1H3. The van der Waals surface area contributed by atoms with Crippen LogP contribution >= 0.6 is 35.0 Å². The van der Waals surface area contributed by atoms with Gasteiger partial charge in [0, 0.05) is 27.9 Å². The number of aryl methyl sites for hydroxylation is 1. The molecule has 24 heavy (non-hydrogen) atoms.